The van der Waals surface area contributed by atoms with Crippen LogP contribution in [0.5, 0.6) is 5.75 Å². The third kappa shape index (κ3) is 7.17. The number of halogens is 1. The molecule has 0 aliphatic rings. The third-order valence-corrected chi connectivity index (χ3v) is 1.27. The van der Waals surface area contributed by atoms with Crippen LogP contribution in [0, 0.1) is 12.0 Å². The molecular weight excluding hydrogens is 196 g/mol. The van der Waals surface area contributed by atoms with Gasteiger partial charge in [0.1, 0.15) is 0 Å². The molecule has 68 valence electrons. The molecule has 0 saturated heterocycles. The van der Waals surface area contributed by atoms with Gasteiger partial charge in [0.25, 0.3) is 0 Å². The van der Waals surface area contributed by atoms with E-state index >= 15 is 0 Å². The van der Waals surface area contributed by atoms with Crippen LogP contribution in [-0.4, -0.2) is 29.7 Å². The molecule has 1 aromatic carbocycles. The Labute approximate surface area is 102 Å². The van der Waals surface area contributed by atoms with E-state index in [1.807, 2.05) is 24.3 Å². The second-order valence-corrected chi connectivity index (χ2v) is 2.94. The Morgan fingerprint density at radius 1 is 1.31 bits per heavy atom. The van der Waals surface area contributed by atoms with Crippen LogP contribution in [0.15, 0.2) is 24.3 Å². The van der Waals surface area contributed by atoms with Crippen LogP contribution in [0.1, 0.15) is 13.8 Å². The van der Waals surface area contributed by atoms with E-state index in [2.05, 4.69) is 19.9 Å². The van der Waals surface area contributed by atoms with Crippen molar-refractivity contribution in [1.82, 2.24) is 0 Å². The first-order valence-electron chi connectivity index (χ1n) is 3.88. The van der Waals surface area contributed by atoms with Gasteiger partial charge in [-0.3, -0.25) is 0 Å². The monoisotopic (exact) mass is 208 g/mol. The molecule has 1 rings (SSSR count). The maximum atomic E-state index is 5.45. The zero-order valence-corrected chi connectivity index (χ0v) is 10.3. The van der Waals surface area contributed by atoms with Crippen LogP contribution < -0.4 is 17.1 Å². The predicted octanol–water partition coefficient (Wildman–Crippen LogP) is -0.855. The van der Waals surface area contributed by atoms with Gasteiger partial charge in [-0.15, -0.1) is 12.1 Å². The predicted molar refractivity (Wildman–Crippen MR) is 51.4 cm³/mol. The standard InChI is InChI=1S/C10H13O.ClH.Mg/c1-9(2)8-11-10-6-4-3-5-7-10;;/h4-7,9H,8H2,1-2H3;1H;/q-1;;+2/p-1. The minimum absolute atomic E-state index is 0. The molecule has 0 N–H and O–H groups in total. The summed E-state index contributed by atoms with van der Waals surface area (Å²) in [4.78, 5) is 0. The van der Waals surface area contributed by atoms with Crippen LogP contribution in [0.2, 0.25) is 0 Å². The van der Waals surface area contributed by atoms with Crippen molar-refractivity contribution in [2.24, 2.45) is 5.92 Å². The van der Waals surface area contributed by atoms with Gasteiger partial charge in [-0.05, 0) is 5.92 Å². The fraction of sp³-hybridized carbons (Fsp3) is 0.400. The SMILES string of the molecule is CC(C)COc1cc[c-]cc1.[Cl-].[Mg+2]. The molecule has 0 saturated carbocycles. The molecule has 1 nitrogen and oxygen atoms in total. The Bertz CT molecular complexity index is 201. The van der Waals surface area contributed by atoms with Crippen molar-refractivity contribution in [2.45, 2.75) is 13.8 Å². The summed E-state index contributed by atoms with van der Waals surface area (Å²) in [5, 5.41) is 0. The fourth-order valence-electron chi connectivity index (χ4n) is 0.731. The summed E-state index contributed by atoms with van der Waals surface area (Å²) in [7, 11) is 0. The zero-order chi connectivity index (χ0) is 8.10. The Kier molecular flexibility index (Phi) is 10.4. The maximum Gasteiger partial charge on any atom is 2.00 e. The quantitative estimate of drug-likeness (QED) is 0.465. The molecule has 3 heteroatoms. The molecule has 0 spiro atoms. The van der Waals surface area contributed by atoms with E-state index in [1.165, 1.54) is 0 Å². The number of benzene rings is 1. The molecule has 0 heterocycles. The molecule has 0 radical (unpaired) electrons. The summed E-state index contributed by atoms with van der Waals surface area (Å²) >= 11 is 0. The van der Waals surface area contributed by atoms with Gasteiger partial charge in [0.05, 0.1) is 6.61 Å². The molecule has 0 atom stereocenters. The van der Waals surface area contributed by atoms with Gasteiger partial charge < -0.3 is 17.1 Å². The van der Waals surface area contributed by atoms with Crippen molar-refractivity contribution >= 4 is 23.1 Å². The second-order valence-electron chi connectivity index (χ2n) is 2.94. The number of hydrogen-bond donors (Lipinski definition) is 0. The van der Waals surface area contributed by atoms with E-state index < -0.39 is 0 Å². The smallest absolute Gasteiger partial charge is 1.00 e. The molecule has 0 bridgehead atoms. The van der Waals surface area contributed by atoms with Gasteiger partial charge in [-0.25, -0.2) is 0 Å². The zero-order valence-electron chi connectivity index (χ0n) is 8.09. The van der Waals surface area contributed by atoms with E-state index in [9.17, 15) is 0 Å². The Morgan fingerprint density at radius 3 is 2.31 bits per heavy atom. The Hall–Kier alpha value is 0.0762. The van der Waals surface area contributed by atoms with Gasteiger partial charge in [0.2, 0.25) is 0 Å². The molecule has 0 aliphatic carbocycles. The summed E-state index contributed by atoms with van der Waals surface area (Å²) in [5.74, 6) is 1.51. The van der Waals surface area contributed by atoms with Crippen molar-refractivity contribution in [2.75, 3.05) is 6.61 Å². The summed E-state index contributed by atoms with van der Waals surface area (Å²) in [5.41, 5.74) is 0. The molecule has 13 heavy (non-hydrogen) atoms. The van der Waals surface area contributed by atoms with E-state index in [-0.39, 0.29) is 35.5 Å². The number of hydrogen-bond acceptors (Lipinski definition) is 1. The maximum absolute atomic E-state index is 5.45. The number of rotatable bonds is 3. The van der Waals surface area contributed by atoms with Crippen molar-refractivity contribution in [3.05, 3.63) is 30.3 Å². The molecule has 0 unspecified atom stereocenters. The summed E-state index contributed by atoms with van der Waals surface area (Å²) in [6.07, 6.45) is 0. The first-order chi connectivity index (χ1) is 5.29. The van der Waals surface area contributed by atoms with Gasteiger partial charge >= 0.3 is 23.1 Å². The summed E-state index contributed by atoms with van der Waals surface area (Å²) in [6.45, 7) is 5.05. The third-order valence-electron chi connectivity index (χ3n) is 1.27. The number of ether oxygens (including phenoxy) is 1. The first-order valence-corrected chi connectivity index (χ1v) is 3.88. The molecule has 0 fully saturated rings. The molecular formula is C10H13ClMgO. The van der Waals surface area contributed by atoms with E-state index in [4.69, 9.17) is 4.74 Å². The fourth-order valence-corrected chi connectivity index (χ4v) is 0.731. The van der Waals surface area contributed by atoms with Crippen molar-refractivity contribution in [3.63, 3.8) is 0 Å². The Balaban J connectivity index is 0. The van der Waals surface area contributed by atoms with Crippen LogP contribution in [0.4, 0.5) is 0 Å². The van der Waals surface area contributed by atoms with Gasteiger partial charge in [0, 0.05) is 5.75 Å². The van der Waals surface area contributed by atoms with Gasteiger partial charge in [-0.2, -0.15) is 18.2 Å². The second kappa shape index (κ2) is 8.66. The Morgan fingerprint density at radius 2 is 1.85 bits per heavy atom. The van der Waals surface area contributed by atoms with Crippen LogP contribution in [0.3, 0.4) is 0 Å². The molecule has 0 aliphatic heterocycles. The van der Waals surface area contributed by atoms with Crippen molar-refractivity contribution < 1.29 is 17.1 Å². The average Bonchev–Trinajstić information content (AvgIpc) is 2.03. The van der Waals surface area contributed by atoms with Crippen LogP contribution in [0.25, 0.3) is 0 Å². The van der Waals surface area contributed by atoms with Crippen molar-refractivity contribution in [1.29, 1.82) is 0 Å². The summed E-state index contributed by atoms with van der Waals surface area (Å²) in [6, 6.07) is 10.5. The molecule has 0 amide bonds. The van der Waals surface area contributed by atoms with E-state index in [0.29, 0.717) is 5.92 Å². The van der Waals surface area contributed by atoms with Crippen LogP contribution in [-0.2, 0) is 0 Å². The van der Waals surface area contributed by atoms with Gasteiger partial charge in [-0.1, -0.05) is 13.8 Å². The molecule has 1 aromatic rings. The van der Waals surface area contributed by atoms with E-state index in [1.54, 1.807) is 0 Å². The average molecular weight is 209 g/mol. The minimum atomic E-state index is 0. The summed E-state index contributed by atoms with van der Waals surface area (Å²) < 4.78 is 5.45. The first kappa shape index (κ1) is 15.5. The molecule has 0 aromatic heterocycles. The largest absolute Gasteiger partial charge is 2.00 e. The van der Waals surface area contributed by atoms with Crippen LogP contribution >= 0.6 is 0 Å². The van der Waals surface area contributed by atoms with Crippen molar-refractivity contribution in [3.8, 4) is 5.75 Å². The topological polar surface area (TPSA) is 9.23 Å². The van der Waals surface area contributed by atoms with E-state index in [0.717, 1.165) is 12.4 Å². The normalized spacial score (nSPS) is 8.54. The van der Waals surface area contributed by atoms with Gasteiger partial charge in [0.15, 0.2) is 0 Å². The minimum Gasteiger partial charge on any atom is -1.00 e.